The predicted octanol–water partition coefficient (Wildman–Crippen LogP) is 5.00. The lowest BCUT2D eigenvalue weighted by molar-refractivity contribution is -0.402. The summed E-state index contributed by atoms with van der Waals surface area (Å²) in [5, 5.41) is 12.0. The molecule has 0 saturated heterocycles. The minimum Gasteiger partial charge on any atom is -0.400 e. The molecular formula is C16H12BrNO3. The van der Waals surface area contributed by atoms with Crippen molar-refractivity contribution < 1.29 is 9.34 Å². The summed E-state index contributed by atoms with van der Waals surface area (Å²) in [6.45, 7) is 2.01. The average molecular weight is 346 g/mol. The molecule has 3 rings (SSSR count). The topological polar surface area (TPSA) is 56.3 Å². The number of hydrogen-bond acceptors (Lipinski definition) is 3. The fourth-order valence-corrected chi connectivity index (χ4v) is 2.70. The highest BCUT2D eigenvalue weighted by atomic mass is 79.9. The second-order valence-corrected chi connectivity index (χ2v) is 5.86. The average Bonchev–Trinajstić information content (AvgIpc) is 2.80. The molecule has 5 heteroatoms. The van der Waals surface area contributed by atoms with Gasteiger partial charge in [0.05, 0.1) is 5.56 Å². The number of rotatable bonds is 3. The van der Waals surface area contributed by atoms with Crippen LogP contribution in [0.3, 0.4) is 0 Å². The molecule has 0 N–H and O–H groups in total. The van der Waals surface area contributed by atoms with Gasteiger partial charge in [0.15, 0.2) is 0 Å². The molecule has 0 aliphatic rings. The quantitative estimate of drug-likeness (QED) is 0.495. The normalized spacial score (nSPS) is 11.0. The van der Waals surface area contributed by atoms with Crippen molar-refractivity contribution in [2.24, 2.45) is 0 Å². The Labute approximate surface area is 129 Å². The number of benzene rings is 2. The number of fused-ring (bicyclic) bond motifs is 1. The predicted molar refractivity (Wildman–Crippen MR) is 84.6 cm³/mol. The van der Waals surface area contributed by atoms with E-state index in [1.165, 1.54) is 0 Å². The van der Waals surface area contributed by atoms with Gasteiger partial charge in [-0.1, -0.05) is 45.8 Å². The first kappa shape index (κ1) is 13.8. The van der Waals surface area contributed by atoms with E-state index in [1.54, 1.807) is 6.07 Å². The standard InChI is InChI=1S/C16H12BrNO3/c1-10-2-4-11(5-3-10)8-14-13-9-12(17)6-7-15(13)21-16(14)18(19)20/h2-7,9H,8H2,1H3. The van der Waals surface area contributed by atoms with Gasteiger partial charge in [-0.15, -0.1) is 0 Å². The molecule has 0 bridgehead atoms. The zero-order valence-electron chi connectivity index (χ0n) is 11.3. The lowest BCUT2D eigenvalue weighted by atomic mass is 10.0. The van der Waals surface area contributed by atoms with Crippen molar-refractivity contribution in [2.45, 2.75) is 13.3 Å². The van der Waals surface area contributed by atoms with E-state index in [0.29, 0.717) is 17.6 Å². The summed E-state index contributed by atoms with van der Waals surface area (Å²) in [5.74, 6) is -0.177. The van der Waals surface area contributed by atoms with Crippen LogP contribution in [0.2, 0.25) is 0 Å². The van der Waals surface area contributed by atoms with Crippen LogP contribution >= 0.6 is 15.9 Å². The Hall–Kier alpha value is -2.14. The molecule has 1 heterocycles. The largest absolute Gasteiger partial charge is 0.437 e. The zero-order valence-corrected chi connectivity index (χ0v) is 12.9. The lowest BCUT2D eigenvalue weighted by Crippen LogP contribution is -1.93. The molecular weight excluding hydrogens is 334 g/mol. The Kier molecular flexibility index (Phi) is 3.51. The van der Waals surface area contributed by atoms with Crippen LogP contribution in [0.15, 0.2) is 51.4 Å². The monoisotopic (exact) mass is 345 g/mol. The molecule has 0 spiro atoms. The van der Waals surface area contributed by atoms with E-state index in [0.717, 1.165) is 21.0 Å². The summed E-state index contributed by atoms with van der Waals surface area (Å²) in [7, 11) is 0. The number of nitrogens with zero attached hydrogens (tertiary/aromatic N) is 1. The summed E-state index contributed by atoms with van der Waals surface area (Å²) in [4.78, 5) is 10.8. The summed E-state index contributed by atoms with van der Waals surface area (Å²) in [6.07, 6.45) is 0.472. The summed E-state index contributed by atoms with van der Waals surface area (Å²) >= 11 is 3.40. The van der Waals surface area contributed by atoms with E-state index in [4.69, 9.17) is 4.42 Å². The molecule has 2 aromatic carbocycles. The van der Waals surface area contributed by atoms with Crippen LogP contribution in [-0.4, -0.2) is 4.92 Å². The minimum atomic E-state index is -0.461. The van der Waals surface area contributed by atoms with Gasteiger partial charge in [0.2, 0.25) is 0 Å². The van der Waals surface area contributed by atoms with Gasteiger partial charge in [0.1, 0.15) is 10.5 Å². The first-order chi connectivity index (χ1) is 10.0. The highest BCUT2D eigenvalue weighted by molar-refractivity contribution is 9.10. The van der Waals surface area contributed by atoms with Gasteiger partial charge < -0.3 is 4.42 Å². The van der Waals surface area contributed by atoms with E-state index in [2.05, 4.69) is 15.9 Å². The van der Waals surface area contributed by atoms with Crippen molar-refractivity contribution in [2.75, 3.05) is 0 Å². The van der Waals surface area contributed by atoms with E-state index < -0.39 is 4.92 Å². The zero-order chi connectivity index (χ0) is 15.0. The van der Waals surface area contributed by atoms with Crippen LogP contribution in [0.5, 0.6) is 0 Å². The third-order valence-corrected chi connectivity index (χ3v) is 3.89. The lowest BCUT2D eigenvalue weighted by Gasteiger charge is -2.00. The number of aryl methyl sites for hydroxylation is 1. The number of nitro groups is 1. The molecule has 0 fully saturated rings. The number of furan rings is 1. The molecule has 106 valence electrons. The Morgan fingerprint density at radius 3 is 2.57 bits per heavy atom. The molecule has 4 nitrogen and oxygen atoms in total. The molecule has 0 atom stereocenters. The molecule has 0 aliphatic heterocycles. The van der Waals surface area contributed by atoms with E-state index in [1.807, 2.05) is 43.3 Å². The van der Waals surface area contributed by atoms with Crippen LogP contribution in [0.25, 0.3) is 11.0 Å². The van der Waals surface area contributed by atoms with Crippen molar-refractivity contribution in [1.29, 1.82) is 0 Å². The molecule has 3 aromatic rings. The Morgan fingerprint density at radius 1 is 1.19 bits per heavy atom. The Bertz CT molecular complexity index is 821. The molecule has 0 aliphatic carbocycles. The van der Waals surface area contributed by atoms with Crippen molar-refractivity contribution in [3.63, 3.8) is 0 Å². The summed E-state index contributed by atoms with van der Waals surface area (Å²) in [6, 6.07) is 13.4. The third-order valence-electron chi connectivity index (χ3n) is 3.40. The van der Waals surface area contributed by atoms with E-state index in [-0.39, 0.29) is 5.88 Å². The van der Waals surface area contributed by atoms with Gasteiger partial charge in [-0.25, -0.2) is 0 Å². The third kappa shape index (κ3) is 2.69. The van der Waals surface area contributed by atoms with Gasteiger partial charge in [0.25, 0.3) is 0 Å². The van der Waals surface area contributed by atoms with Gasteiger partial charge >= 0.3 is 5.88 Å². The summed E-state index contributed by atoms with van der Waals surface area (Å²) in [5.41, 5.74) is 3.33. The fraction of sp³-hybridized carbons (Fsp3) is 0.125. The smallest absolute Gasteiger partial charge is 0.400 e. The Morgan fingerprint density at radius 2 is 1.90 bits per heavy atom. The maximum Gasteiger partial charge on any atom is 0.437 e. The van der Waals surface area contributed by atoms with Crippen molar-refractivity contribution in [1.82, 2.24) is 0 Å². The van der Waals surface area contributed by atoms with Crippen LogP contribution < -0.4 is 0 Å². The first-order valence-electron chi connectivity index (χ1n) is 6.45. The summed E-state index contributed by atoms with van der Waals surface area (Å²) < 4.78 is 6.26. The van der Waals surface area contributed by atoms with Crippen molar-refractivity contribution in [3.8, 4) is 0 Å². The second-order valence-electron chi connectivity index (χ2n) is 4.95. The minimum absolute atomic E-state index is 0.177. The van der Waals surface area contributed by atoms with Gasteiger partial charge in [-0.2, -0.15) is 0 Å². The molecule has 0 saturated carbocycles. The SMILES string of the molecule is Cc1ccc(Cc2c([N+](=O)[O-])oc3ccc(Br)cc23)cc1. The molecule has 0 amide bonds. The van der Waals surface area contributed by atoms with Crippen LogP contribution in [0.4, 0.5) is 5.88 Å². The maximum atomic E-state index is 11.2. The number of hydrogen-bond donors (Lipinski definition) is 0. The second kappa shape index (κ2) is 5.33. The number of halogens is 1. The van der Waals surface area contributed by atoms with Crippen LogP contribution in [0, 0.1) is 17.0 Å². The van der Waals surface area contributed by atoms with Gasteiger partial charge in [-0.3, -0.25) is 10.1 Å². The van der Waals surface area contributed by atoms with E-state index >= 15 is 0 Å². The van der Waals surface area contributed by atoms with Crippen molar-refractivity contribution >= 4 is 32.8 Å². The van der Waals surface area contributed by atoms with Crippen molar-refractivity contribution in [3.05, 3.63) is 73.7 Å². The van der Waals surface area contributed by atoms with Gasteiger partial charge in [0, 0.05) is 16.3 Å². The molecule has 1 aromatic heterocycles. The molecule has 0 unspecified atom stereocenters. The Balaban J connectivity index is 2.14. The fourth-order valence-electron chi connectivity index (χ4n) is 2.34. The van der Waals surface area contributed by atoms with E-state index in [9.17, 15) is 10.1 Å². The molecule has 21 heavy (non-hydrogen) atoms. The molecule has 0 radical (unpaired) electrons. The first-order valence-corrected chi connectivity index (χ1v) is 7.25. The highest BCUT2D eigenvalue weighted by Gasteiger charge is 2.24. The maximum absolute atomic E-state index is 11.2. The van der Waals surface area contributed by atoms with Crippen LogP contribution in [0.1, 0.15) is 16.7 Å². The van der Waals surface area contributed by atoms with Gasteiger partial charge in [-0.05, 0) is 30.7 Å². The highest BCUT2D eigenvalue weighted by Crippen LogP contribution is 2.34. The van der Waals surface area contributed by atoms with Crippen LogP contribution in [-0.2, 0) is 6.42 Å².